The van der Waals surface area contributed by atoms with E-state index in [9.17, 15) is 5.26 Å². The van der Waals surface area contributed by atoms with E-state index in [4.69, 9.17) is 0 Å². The van der Waals surface area contributed by atoms with Crippen LogP contribution in [0.2, 0.25) is 0 Å². The van der Waals surface area contributed by atoms with Gasteiger partial charge in [0.15, 0.2) is 0 Å². The van der Waals surface area contributed by atoms with E-state index in [0.29, 0.717) is 17.9 Å². The van der Waals surface area contributed by atoms with Crippen LogP contribution in [0.25, 0.3) is 0 Å². The monoisotopic (exact) mass is 294 g/mol. The molecule has 0 amide bonds. The van der Waals surface area contributed by atoms with Crippen LogP contribution in [0.4, 0.5) is 0 Å². The average Bonchev–Trinajstić information content (AvgIpc) is 2.89. The van der Waals surface area contributed by atoms with Crippen LogP contribution in [-0.4, -0.2) is 15.0 Å². The lowest BCUT2D eigenvalue weighted by atomic mass is 9.73. The van der Waals surface area contributed by atoms with Gasteiger partial charge in [-0.3, -0.25) is 0 Å². The molecule has 1 aliphatic rings. The molecule has 1 aliphatic carbocycles. The van der Waals surface area contributed by atoms with Crippen molar-refractivity contribution in [2.45, 2.75) is 46.6 Å². The maximum Gasteiger partial charge on any atom is 0.0995 e. The molecule has 1 aromatic heterocycles. The minimum Gasteiger partial charge on any atom is -0.245 e. The second-order valence-corrected chi connectivity index (χ2v) is 7.22. The number of fused-ring (bicyclic) bond motifs is 1. The molecular weight excluding hydrogens is 272 g/mol. The number of hydrogen-bond acceptors (Lipinski definition) is 3. The summed E-state index contributed by atoms with van der Waals surface area (Å²) >= 11 is 0. The molecule has 0 saturated carbocycles. The van der Waals surface area contributed by atoms with Crippen molar-refractivity contribution < 1.29 is 0 Å². The first kappa shape index (κ1) is 14.8. The van der Waals surface area contributed by atoms with Gasteiger partial charge in [0.25, 0.3) is 0 Å². The van der Waals surface area contributed by atoms with E-state index < -0.39 is 0 Å². The second kappa shape index (κ2) is 5.57. The van der Waals surface area contributed by atoms with Crippen LogP contribution >= 0.6 is 0 Å². The Hall–Kier alpha value is -2.15. The third-order valence-corrected chi connectivity index (χ3v) is 4.77. The quantitative estimate of drug-likeness (QED) is 0.853. The van der Waals surface area contributed by atoms with Gasteiger partial charge >= 0.3 is 0 Å². The van der Waals surface area contributed by atoms with E-state index >= 15 is 0 Å². The molecule has 0 aliphatic heterocycles. The Kier molecular flexibility index (Phi) is 3.74. The summed E-state index contributed by atoms with van der Waals surface area (Å²) in [6, 6.07) is 9.97. The number of nitrogens with zero attached hydrogens (tertiary/aromatic N) is 4. The Labute approximate surface area is 131 Å². The zero-order chi connectivity index (χ0) is 15.7. The van der Waals surface area contributed by atoms with Gasteiger partial charge in [0.2, 0.25) is 0 Å². The first-order valence-electron chi connectivity index (χ1n) is 7.88. The van der Waals surface area contributed by atoms with E-state index in [1.165, 1.54) is 12.1 Å². The molecule has 2 aromatic rings. The summed E-state index contributed by atoms with van der Waals surface area (Å²) in [7, 11) is 0. The Morgan fingerprint density at radius 1 is 1.32 bits per heavy atom. The number of aromatic nitrogens is 3. The van der Waals surface area contributed by atoms with Crippen molar-refractivity contribution in [2.75, 3.05) is 0 Å². The van der Waals surface area contributed by atoms with E-state index in [2.05, 4.69) is 37.2 Å². The zero-order valence-electron chi connectivity index (χ0n) is 13.5. The highest BCUT2D eigenvalue weighted by atomic mass is 15.4. The van der Waals surface area contributed by atoms with Crippen molar-refractivity contribution in [3.8, 4) is 6.07 Å². The summed E-state index contributed by atoms with van der Waals surface area (Å²) in [5.41, 5.74) is 4.43. The van der Waals surface area contributed by atoms with Crippen LogP contribution in [0.15, 0.2) is 24.3 Å². The van der Waals surface area contributed by atoms with E-state index in [1.807, 2.05) is 28.9 Å². The van der Waals surface area contributed by atoms with Crippen molar-refractivity contribution in [1.82, 2.24) is 15.0 Å². The van der Waals surface area contributed by atoms with Crippen LogP contribution < -0.4 is 0 Å². The number of benzene rings is 1. The minimum atomic E-state index is 0.314. The van der Waals surface area contributed by atoms with Crippen molar-refractivity contribution in [2.24, 2.45) is 11.3 Å². The van der Waals surface area contributed by atoms with E-state index in [1.54, 1.807) is 0 Å². The lowest BCUT2D eigenvalue weighted by molar-refractivity contribution is 0.213. The molecule has 114 valence electrons. The fourth-order valence-electron chi connectivity index (χ4n) is 3.24. The first-order valence-corrected chi connectivity index (χ1v) is 7.88. The van der Waals surface area contributed by atoms with Crippen LogP contribution in [0.1, 0.15) is 49.7 Å². The predicted molar refractivity (Wildman–Crippen MR) is 85.3 cm³/mol. The minimum absolute atomic E-state index is 0.314. The molecular formula is C18H22N4. The maximum atomic E-state index is 9.21. The number of rotatable bonds is 2. The van der Waals surface area contributed by atoms with Gasteiger partial charge in [0.05, 0.1) is 29.6 Å². The molecule has 0 fully saturated rings. The fourth-order valence-corrected chi connectivity index (χ4v) is 3.24. The van der Waals surface area contributed by atoms with Gasteiger partial charge in [-0.25, -0.2) is 4.68 Å². The van der Waals surface area contributed by atoms with Crippen LogP contribution in [-0.2, 0) is 19.4 Å². The molecule has 4 nitrogen and oxygen atoms in total. The van der Waals surface area contributed by atoms with Gasteiger partial charge in [-0.2, -0.15) is 5.26 Å². The van der Waals surface area contributed by atoms with Crippen LogP contribution in [0.5, 0.6) is 0 Å². The first-order chi connectivity index (χ1) is 10.5. The molecule has 1 unspecified atom stereocenters. The lowest BCUT2D eigenvalue weighted by Gasteiger charge is -2.33. The lowest BCUT2D eigenvalue weighted by Crippen LogP contribution is -2.27. The molecule has 0 saturated heterocycles. The second-order valence-electron chi connectivity index (χ2n) is 7.22. The van der Waals surface area contributed by atoms with Gasteiger partial charge in [-0.15, -0.1) is 5.10 Å². The third kappa shape index (κ3) is 2.76. The molecule has 0 bridgehead atoms. The highest BCUT2D eigenvalue weighted by Crippen LogP contribution is 2.36. The van der Waals surface area contributed by atoms with Gasteiger partial charge in [0, 0.05) is 0 Å². The summed E-state index contributed by atoms with van der Waals surface area (Å²) in [6.07, 6.45) is 3.22. The smallest absolute Gasteiger partial charge is 0.0995 e. The van der Waals surface area contributed by atoms with Crippen LogP contribution in [0, 0.1) is 22.7 Å². The van der Waals surface area contributed by atoms with Gasteiger partial charge in [-0.05, 0) is 42.2 Å². The maximum absolute atomic E-state index is 9.21. The Balaban J connectivity index is 1.85. The highest BCUT2D eigenvalue weighted by Gasteiger charge is 2.31. The topological polar surface area (TPSA) is 54.5 Å². The zero-order valence-corrected chi connectivity index (χ0v) is 13.5. The fraction of sp³-hybridized carbons (Fsp3) is 0.500. The third-order valence-electron chi connectivity index (χ3n) is 4.77. The molecule has 0 spiro atoms. The summed E-state index contributed by atoms with van der Waals surface area (Å²) in [5, 5.41) is 18.0. The molecule has 0 radical (unpaired) electrons. The normalized spacial score (nSPS) is 17.8. The van der Waals surface area contributed by atoms with Gasteiger partial charge in [-0.1, -0.05) is 44.2 Å². The van der Waals surface area contributed by atoms with Crippen molar-refractivity contribution in [3.05, 3.63) is 46.8 Å². The SMILES string of the molecule is CC(C)(C)C1CCc2c(nnn2Cc2ccccc2C#N)C1. The van der Waals surface area contributed by atoms with Crippen molar-refractivity contribution in [1.29, 1.82) is 5.26 Å². The molecule has 4 heteroatoms. The Morgan fingerprint density at radius 2 is 2.09 bits per heavy atom. The molecule has 3 rings (SSSR count). The summed E-state index contributed by atoms with van der Waals surface area (Å²) in [6.45, 7) is 7.54. The number of hydrogen-bond donors (Lipinski definition) is 0. The summed E-state index contributed by atoms with van der Waals surface area (Å²) in [5.74, 6) is 0.663. The van der Waals surface area contributed by atoms with E-state index in [-0.39, 0.29) is 0 Å². The van der Waals surface area contributed by atoms with Crippen LogP contribution in [0.3, 0.4) is 0 Å². The summed E-state index contributed by atoms with van der Waals surface area (Å²) < 4.78 is 1.98. The largest absolute Gasteiger partial charge is 0.245 e. The average molecular weight is 294 g/mol. The standard InChI is InChI=1S/C18H22N4/c1-18(2,3)15-8-9-17-16(10-15)20-21-22(17)12-14-7-5-4-6-13(14)11-19/h4-7,15H,8-10,12H2,1-3H3. The molecule has 1 atom stereocenters. The molecule has 22 heavy (non-hydrogen) atoms. The van der Waals surface area contributed by atoms with Crippen molar-refractivity contribution in [3.63, 3.8) is 0 Å². The Bertz CT molecular complexity index is 715. The highest BCUT2D eigenvalue weighted by molar-refractivity contribution is 5.37. The van der Waals surface area contributed by atoms with Gasteiger partial charge in [0.1, 0.15) is 0 Å². The molecule has 1 aromatic carbocycles. The molecule has 0 N–H and O–H groups in total. The molecule has 1 heterocycles. The van der Waals surface area contributed by atoms with E-state index in [0.717, 1.165) is 29.7 Å². The number of nitriles is 1. The predicted octanol–water partition coefficient (Wildman–Crippen LogP) is 3.35. The Morgan fingerprint density at radius 3 is 2.82 bits per heavy atom. The van der Waals surface area contributed by atoms with Gasteiger partial charge < -0.3 is 0 Å². The van der Waals surface area contributed by atoms with Crippen molar-refractivity contribution >= 4 is 0 Å². The summed E-state index contributed by atoms with van der Waals surface area (Å²) in [4.78, 5) is 0.